The molecule has 104 valence electrons. The number of benzene rings is 1. The minimum atomic E-state index is -1.06. The normalized spacial score (nSPS) is 10.2. The first-order valence-corrected chi connectivity index (χ1v) is 6.22. The molecule has 0 saturated heterocycles. The Labute approximate surface area is 116 Å². The van der Waals surface area contributed by atoms with Crippen molar-refractivity contribution in [2.75, 3.05) is 19.8 Å². The van der Waals surface area contributed by atoms with Gasteiger partial charge in [0, 0.05) is 18.2 Å². The van der Waals surface area contributed by atoms with Crippen LogP contribution in [0.5, 0.6) is 0 Å². The molecule has 1 aromatic rings. The number of ether oxygens (including phenoxy) is 1. The Morgan fingerprint density at radius 3 is 2.47 bits per heavy atom. The van der Waals surface area contributed by atoms with Gasteiger partial charge in [-0.05, 0) is 24.6 Å². The maximum Gasteiger partial charge on any atom is 0.323 e. The Bertz CT molecular complexity index is 433. The summed E-state index contributed by atoms with van der Waals surface area (Å²) in [4.78, 5) is 23.8. The highest BCUT2D eigenvalue weighted by Crippen LogP contribution is 2.11. The number of hydrogen-bond donors (Lipinski definition) is 1. The summed E-state index contributed by atoms with van der Waals surface area (Å²) in [6, 6.07) is 6.90. The van der Waals surface area contributed by atoms with E-state index in [4.69, 9.17) is 21.4 Å². The third-order valence-electron chi connectivity index (χ3n) is 2.40. The van der Waals surface area contributed by atoms with Gasteiger partial charge in [0.2, 0.25) is 5.91 Å². The van der Waals surface area contributed by atoms with E-state index in [1.807, 2.05) is 0 Å². The Balaban J connectivity index is 2.70. The lowest BCUT2D eigenvalue weighted by molar-refractivity contribution is -0.146. The molecule has 0 spiro atoms. The van der Waals surface area contributed by atoms with Gasteiger partial charge >= 0.3 is 5.97 Å². The Morgan fingerprint density at radius 2 is 1.95 bits per heavy atom. The summed E-state index contributed by atoms with van der Waals surface area (Å²) in [5.74, 6) is -1.40. The van der Waals surface area contributed by atoms with E-state index >= 15 is 0 Å². The number of amides is 1. The fourth-order valence-electron chi connectivity index (χ4n) is 1.49. The fourth-order valence-corrected chi connectivity index (χ4v) is 1.61. The summed E-state index contributed by atoms with van der Waals surface area (Å²) in [5, 5.41) is 9.42. The maximum atomic E-state index is 11.8. The van der Waals surface area contributed by atoms with E-state index in [1.165, 1.54) is 4.90 Å². The van der Waals surface area contributed by atoms with Crippen LogP contribution >= 0.6 is 11.6 Å². The second-order valence-electron chi connectivity index (χ2n) is 3.91. The van der Waals surface area contributed by atoms with E-state index in [2.05, 4.69) is 0 Å². The lowest BCUT2D eigenvalue weighted by Crippen LogP contribution is -2.37. The van der Waals surface area contributed by atoms with Crippen molar-refractivity contribution in [3.8, 4) is 0 Å². The van der Waals surface area contributed by atoms with Crippen LogP contribution in [0.2, 0.25) is 5.02 Å². The molecule has 0 aromatic heterocycles. The van der Waals surface area contributed by atoms with E-state index in [0.717, 1.165) is 5.56 Å². The predicted molar refractivity (Wildman–Crippen MR) is 71.0 cm³/mol. The first kappa shape index (κ1) is 15.5. The third kappa shape index (κ3) is 5.72. The fraction of sp³-hybridized carbons (Fsp3) is 0.385. The molecule has 0 bridgehead atoms. The molecule has 1 rings (SSSR count). The standard InChI is InChI=1S/C13H16ClNO4/c1-2-19-9-12(16)15(8-13(17)18)7-10-3-5-11(14)6-4-10/h3-6H,2,7-9H2,1H3,(H,17,18). The van der Waals surface area contributed by atoms with Crippen LogP contribution in [0.3, 0.4) is 0 Å². The number of carboxylic acid groups (broad SMARTS) is 1. The number of rotatable bonds is 7. The van der Waals surface area contributed by atoms with Gasteiger partial charge in [-0.2, -0.15) is 0 Å². The highest BCUT2D eigenvalue weighted by Gasteiger charge is 2.17. The minimum Gasteiger partial charge on any atom is -0.480 e. The smallest absolute Gasteiger partial charge is 0.323 e. The molecule has 0 heterocycles. The number of carbonyl (C=O) groups is 2. The topological polar surface area (TPSA) is 66.8 Å². The monoisotopic (exact) mass is 285 g/mol. The van der Waals surface area contributed by atoms with E-state index < -0.39 is 5.97 Å². The minimum absolute atomic E-state index is 0.114. The quantitative estimate of drug-likeness (QED) is 0.829. The zero-order valence-electron chi connectivity index (χ0n) is 10.6. The third-order valence-corrected chi connectivity index (χ3v) is 2.65. The molecule has 0 unspecified atom stereocenters. The summed E-state index contributed by atoms with van der Waals surface area (Å²) in [7, 11) is 0. The second kappa shape index (κ2) is 7.76. The van der Waals surface area contributed by atoms with Crippen LogP contribution in [-0.4, -0.2) is 41.6 Å². The van der Waals surface area contributed by atoms with Crippen molar-refractivity contribution in [1.82, 2.24) is 4.90 Å². The number of aliphatic carboxylic acids is 1. The van der Waals surface area contributed by atoms with E-state index in [0.29, 0.717) is 11.6 Å². The van der Waals surface area contributed by atoms with Crippen LogP contribution in [0.25, 0.3) is 0 Å². The van der Waals surface area contributed by atoms with Gasteiger partial charge in [0.1, 0.15) is 13.2 Å². The van der Waals surface area contributed by atoms with Gasteiger partial charge in [-0.15, -0.1) is 0 Å². The molecule has 0 aliphatic carbocycles. The molecular formula is C13H16ClNO4. The number of nitrogens with zero attached hydrogens (tertiary/aromatic N) is 1. The molecule has 0 atom stereocenters. The SMILES string of the molecule is CCOCC(=O)N(CC(=O)O)Cc1ccc(Cl)cc1. The van der Waals surface area contributed by atoms with Crippen molar-refractivity contribution < 1.29 is 19.4 Å². The Hall–Kier alpha value is -1.59. The van der Waals surface area contributed by atoms with Crippen LogP contribution in [0.15, 0.2) is 24.3 Å². The molecule has 19 heavy (non-hydrogen) atoms. The van der Waals surface area contributed by atoms with E-state index in [1.54, 1.807) is 31.2 Å². The van der Waals surface area contributed by atoms with Crippen molar-refractivity contribution in [3.63, 3.8) is 0 Å². The number of halogens is 1. The second-order valence-corrected chi connectivity index (χ2v) is 4.34. The van der Waals surface area contributed by atoms with Crippen LogP contribution in [-0.2, 0) is 20.9 Å². The highest BCUT2D eigenvalue weighted by atomic mass is 35.5. The van der Waals surface area contributed by atoms with Gasteiger partial charge in [0.15, 0.2) is 0 Å². The zero-order chi connectivity index (χ0) is 14.3. The molecule has 1 aromatic carbocycles. The van der Waals surface area contributed by atoms with Gasteiger partial charge in [0.25, 0.3) is 0 Å². The van der Waals surface area contributed by atoms with Gasteiger partial charge in [-0.3, -0.25) is 9.59 Å². The van der Waals surface area contributed by atoms with Gasteiger partial charge < -0.3 is 14.7 Å². The molecule has 1 amide bonds. The largest absolute Gasteiger partial charge is 0.480 e. The summed E-state index contributed by atoms with van der Waals surface area (Å²) in [6.45, 7) is 1.93. The molecule has 0 radical (unpaired) electrons. The van der Waals surface area contributed by atoms with Crippen LogP contribution in [0, 0.1) is 0 Å². The zero-order valence-corrected chi connectivity index (χ0v) is 11.4. The van der Waals surface area contributed by atoms with Crippen LogP contribution < -0.4 is 0 Å². The summed E-state index contributed by atoms with van der Waals surface area (Å²) in [6.07, 6.45) is 0. The van der Waals surface area contributed by atoms with Crippen molar-refractivity contribution in [3.05, 3.63) is 34.9 Å². The number of hydrogen-bond acceptors (Lipinski definition) is 3. The first-order valence-electron chi connectivity index (χ1n) is 5.84. The molecule has 0 aliphatic heterocycles. The summed E-state index contributed by atoms with van der Waals surface area (Å²) in [5.41, 5.74) is 0.815. The predicted octanol–water partition coefficient (Wildman–Crippen LogP) is 1.79. The molecule has 6 heteroatoms. The number of carboxylic acids is 1. The molecular weight excluding hydrogens is 270 g/mol. The van der Waals surface area contributed by atoms with Crippen molar-refractivity contribution in [1.29, 1.82) is 0 Å². The average molecular weight is 286 g/mol. The van der Waals surface area contributed by atoms with Crippen molar-refractivity contribution in [2.45, 2.75) is 13.5 Å². The van der Waals surface area contributed by atoms with E-state index in [-0.39, 0.29) is 25.6 Å². The summed E-state index contributed by atoms with van der Waals surface area (Å²) < 4.78 is 5.01. The summed E-state index contributed by atoms with van der Waals surface area (Å²) >= 11 is 5.77. The molecule has 1 N–H and O–H groups in total. The van der Waals surface area contributed by atoms with Crippen LogP contribution in [0.4, 0.5) is 0 Å². The lowest BCUT2D eigenvalue weighted by Gasteiger charge is -2.20. The van der Waals surface area contributed by atoms with Crippen molar-refractivity contribution >= 4 is 23.5 Å². The number of carbonyl (C=O) groups excluding carboxylic acids is 1. The van der Waals surface area contributed by atoms with Gasteiger partial charge in [0.05, 0.1) is 0 Å². The Morgan fingerprint density at radius 1 is 1.32 bits per heavy atom. The van der Waals surface area contributed by atoms with Gasteiger partial charge in [-0.25, -0.2) is 0 Å². The Kier molecular flexibility index (Phi) is 6.32. The molecule has 0 saturated carbocycles. The molecule has 5 nitrogen and oxygen atoms in total. The average Bonchev–Trinajstić information content (AvgIpc) is 2.37. The molecule has 0 fully saturated rings. The lowest BCUT2D eigenvalue weighted by atomic mass is 10.2. The first-order chi connectivity index (χ1) is 9.02. The van der Waals surface area contributed by atoms with Crippen LogP contribution in [0.1, 0.15) is 12.5 Å². The van der Waals surface area contributed by atoms with Gasteiger partial charge in [-0.1, -0.05) is 23.7 Å². The van der Waals surface area contributed by atoms with Crippen molar-refractivity contribution in [2.24, 2.45) is 0 Å². The highest BCUT2D eigenvalue weighted by molar-refractivity contribution is 6.30. The maximum absolute atomic E-state index is 11.8. The molecule has 0 aliphatic rings. The van der Waals surface area contributed by atoms with E-state index in [9.17, 15) is 9.59 Å².